The number of morpholine rings is 1. The zero-order valence-electron chi connectivity index (χ0n) is 9.39. The molecule has 1 amide bonds. The molecule has 0 saturated carbocycles. The van der Waals surface area contributed by atoms with Crippen molar-refractivity contribution in [2.75, 3.05) is 26.3 Å². The van der Waals surface area contributed by atoms with Crippen molar-refractivity contribution >= 4 is 23.1 Å². The minimum atomic E-state index is -0.448. The van der Waals surface area contributed by atoms with E-state index in [1.165, 1.54) is 0 Å². The van der Waals surface area contributed by atoms with Crippen molar-refractivity contribution in [2.24, 2.45) is 5.73 Å². The average Bonchev–Trinajstić information content (AvgIpc) is 2.39. The summed E-state index contributed by atoms with van der Waals surface area (Å²) in [6.45, 7) is 2.84. The van der Waals surface area contributed by atoms with E-state index >= 15 is 0 Å². The molecule has 0 atom stereocenters. The number of nitrogens with two attached hydrogens (primary N) is 1. The zero-order chi connectivity index (χ0) is 12.3. The monoisotopic (exact) mass is 250 g/mol. The van der Waals surface area contributed by atoms with Gasteiger partial charge in [0, 0.05) is 24.2 Å². The van der Waals surface area contributed by atoms with Gasteiger partial charge >= 0.3 is 0 Å². The van der Waals surface area contributed by atoms with Crippen molar-refractivity contribution in [3.05, 3.63) is 35.4 Å². The SMILES string of the molecule is NC(=O)c1ccccc1C(=S)N1CCOCC1. The number of hydrogen-bond acceptors (Lipinski definition) is 3. The van der Waals surface area contributed by atoms with Crippen LogP contribution in [0.15, 0.2) is 24.3 Å². The molecule has 17 heavy (non-hydrogen) atoms. The second kappa shape index (κ2) is 5.25. The van der Waals surface area contributed by atoms with Crippen molar-refractivity contribution in [3.63, 3.8) is 0 Å². The summed E-state index contributed by atoms with van der Waals surface area (Å²) in [5.41, 5.74) is 6.55. The topological polar surface area (TPSA) is 55.6 Å². The van der Waals surface area contributed by atoms with Gasteiger partial charge in [0.1, 0.15) is 4.99 Å². The second-order valence-corrected chi connectivity index (χ2v) is 4.20. The second-order valence-electron chi connectivity index (χ2n) is 3.81. The predicted octanol–water partition coefficient (Wildman–Crippen LogP) is 0.793. The first kappa shape index (κ1) is 12.0. The van der Waals surface area contributed by atoms with Crippen molar-refractivity contribution in [1.82, 2.24) is 4.90 Å². The van der Waals surface area contributed by atoms with Gasteiger partial charge in [-0.05, 0) is 6.07 Å². The van der Waals surface area contributed by atoms with Gasteiger partial charge in [0.25, 0.3) is 0 Å². The zero-order valence-corrected chi connectivity index (χ0v) is 10.2. The van der Waals surface area contributed by atoms with Crippen LogP contribution in [-0.2, 0) is 4.74 Å². The molecule has 90 valence electrons. The molecule has 1 aromatic carbocycles. The number of carbonyl (C=O) groups is 1. The van der Waals surface area contributed by atoms with E-state index in [-0.39, 0.29) is 0 Å². The first-order valence-corrected chi connectivity index (χ1v) is 5.87. The molecule has 0 bridgehead atoms. The van der Waals surface area contributed by atoms with Gasteiger partial charge in [-0.3, -0.25) is 4.79 Å². The summed E-state index contributed by atoms with van der Waals surface area (Å²) < 4.78 is 5.27. The van der Waals surface area contributed by atoms with Crippen LogP contribution < -0.4 is 5.73 Å². The van der Waals surface area contributed by atoms with E-state index in [9.17, 15) is 4.79 Å². The number of rotatable bonds is 2. The molecule has 0 unspecified atom stereocenters. The number of nitrogens with zero attached hydrogens (tertiary/aromatic N) is 1. The Morgan fingerprint density at radius 2 is 1.82 bits per heavy atom. The van der Waals surface area contributed by atoms with E-state index < -0.39 is 5.91 Å². The van der Waals surface area contributed by atoms with Crippen LogP contribution in [0, 0.1) is 0 Å². The number of thiocarbonyl (C=S) groups is 1. The third-order valence-electron chi connectivity index (χ3n) is 2.72. The molecule has 0 aromatic heterocycles. The van der Waals surface area contributed by atoms with Crippen LogP contribution >= 0.6 is 12.2 Å². The van der Waals surface area contributed by atoms with Crippen LogP contribution in [0.25, 0.3) is 0 Å². The van der Waals surface area contributed by atoms with Gasteiger partial charge in [-0.25, -0.2) is 0 Å². The Morgan fingerprint density at radius 1 is 1.24 bits per heavy atom. The molecular formula is C12H14N2O2S. The Kier molecular flexibility index (Phi) is 3.71. The number of carbonyl (C=O) groups excluding carboxylic acids is 1. The molecule has 0 spiro atoms. The minimum absolute atomic E-state index is 0.448. The van der Waals surface area contributed by atoms with Crippen LogP contribution in [0.3, 0.4) is 0 Å². The molecule has 1 aromatic rings. The molecule has 4 nitrogen and oxygen atoms in total. The van der Waals surface area contributed by atoms with Crippen molar-refractivity contribution in [2.45, 2.75) is 0 Å². The van der Waals surface area contributed by atoms with Gasteiger partial charge in [0.05, 0.1) is 13.2 Å². The summed E-state index contributed by atoms with van der Waals surface area (Å²) in [6, 6.07) is 7.17. The standard InChI is InChI=1S/C12H14N2O2S/c13-11(15)9-3-1-2-4-10(9)12(17)14-5-7-16-8-6-14/h1-4H,5-8H2,(H2,13,15). The Hall–Kier alpha value is -1.46. The molecule has 1 saturated heterocycles. The Labute approximate surface area is 105 Å². The van der Waals surface area contributed by atoms with Crippen LogP contribution in [0.4, 0.5) is 0 Å². The van der Waals surface area contributed by atoms with Gasteiger partial charge in [0.15, 0.2) is 0 Å². The molecule has 0 aliphatic carbocycles. The minimum Gasteiger partial charge on any atom is -0.378 e. The van der Waals surface area contributed by atoms with Gasteiger partial charge in [-0.15, -0.1) is 0 Å². The van der Waals surface area contributed by atoms with Crippen LogP contribution in [-0.4, -0.2) is 42.1 Å². The molecular weight excluding hydrogens is 236 g/mol. The lowest BCUT2D eigenvalue weighted by molar-refractivity contribution is 0.0692. The van der Waals surface area contributed by atoms with Gasteiger partial charge < -0.3 is 15.4 Å². The Morgan fingerprint density at radius 3 is 2.41 bits per heavy atom. The fourth-order valence-corrected chi connectivity index (χ4v) is 2.18. The first-order chi connectivity index (χ1) is 8.20. The summed E-state index contributed by atoms with van der Waals surface area (Å²) in [4.78, 5) is 14.0. The van der Waals surface area contributed by atoms with E-state index in [2.05, 4.69) is 0 Å². The molecule has 1 heterocycles. The molecule has 2 N–H and O–H groups in total. The number of ether oxygens (including phenoxy) is 1. The number of hydrogen-bond donors (Lipinski definition) is 1. The molecule has 5 heteroatoms. The van der Waals surface area contributed by atoms with Gasteiger partial charge in [-0.2, -0.15) is 0 Å². The van der Waals surface area contributed by atoms with Crippen LogP contribution in [0.1, 0.15) is 15.9 Å². The highest BCUT2D eigenvalue weighted by molar-refractivity contribution is 7.80. The number of amides is 1. The normalized spacial score (nSPS) is 15.6. The lowest BCUT2D eigenvalue weighted by Crippen LogP contribution is -2.40. The lowest BCUT2D eigenvalue weighted by atomic mass is 10.1. The molecule has 0 radical (unpaired) electrons. The van der Waals surface area contributed by atoms with Crippen molar-refractivity contribution < 1.29 is 9.53 Å². The summed E-state index contributed by atoms with van der Waals surface area (Å²) >= 11 is 5.41. The third-order valence-corrected chi connectivity index (χ3v) is 3.20. The largest absolute Gasteiger partial charge is 0.378 e. The fourth-order valence-electron chi connectivity index (χ4n) is 1.82. The summed E-state index contributed by atoms with van der Waals surface area (Å²) in [7, 11) is 0. The number of benzene rings is 1. The van der Waals surface area contributed by atoms with E-state index in [0.29, 0.717) is 23.8 Å². The quantitative estimate of drug-likeness (QED) is 0.789. The highest BCUT2D eigenvalue weighted by atomic mass is 32.1. The summed E-state index contributed by atoms with van der Waals surface area (Å²) in [5.74, 6) is -0.448. The molecule has 2 rings (SSSR count). The van der Waals surface area contributed by atoms with E-state index in [4.69, 9.17) is 22.7 Å². The van der Waals surface area contributed by atoms with Crippen LogP contribution in [0.5, 0.6) is 0 Å². The molecule has 1 aliphatic rings. The number of primary amides is 1. The summed E-state index contributed by atoms with van der Waals surface area (Å²) in [6.07, 6.45) is 0. The Bertz CT molecular complexity index is 442. The summed E-state index contributed by atoms with van der Waals surface area (Å²) in [5, 5.41) is 0. The Balaban J connectivity index is 2.26. The third kappa shape index (κ3) is 2.62. The van der Waals surface area contributed by atoms with Gasteiger partial charge in [0.2, 0.25) is 5.91 Å². The maximum Gasteiger partial charge on any atom is 0.249 e. The average molecular weight is 250 g/mol. The maximum atomic E-state index is 11.3. The van der Waals surface area contributed by atoms with Crippen molar-refractivity contribution in [1.29, 1.82) is 0 Å². The fraction of sp³-hybridized carbons (Fsp3) is 0.333. The van der Waals surface area contributed by atoms with Gasteiger partial charge in [-0.1, -0.05) is 30.4 Å². The van der Waals surface area contributed by atoms with E-state index in [1.54, 1.807) is 12.1 Å². The van der Waals surface area contributed by atoms with E-state index in [0.717, 1.165) is 18.7 Å². The highest BCUT2D eigenvalue weighted by Gasteiger charge is 2.18. The van der Waals surface area contributed by atoms with Crippen LogP contribution in [0.2, 0.25) is 0 Å². The predicted molar refractivity (Wildman–Crippen MR) is 69.1 cm³/mol. The molecule has 1 fully saturated rings. The lowest BCUT2D eigenvalue weighted by Gasteiger charge is -2.29. The van der Waals surface area contributed by atoms with E-state index in [1.807, 2.05) is 17.0 Å². The van der Waals surface area contributed by atoms with Crippen molar-refractivity contribution in [3.8, 4) is 0 Å². The molecule has 1 aliphatic heterocycles. The first-order valence-electron chi connectivity index (χ1n) is 5.46. The highest BCUT2D eigenvalue weighted by Crippen LogP contribution is 2.13. The smallest absolute Gasteiger partial charge is 0.249 e. The maximum absolute atomic E-state index is 11.3.